The molecule has 1 saturated heterocycles. The first kappa shape index (κ1) is 25.6. The lowest BCUT2D eigenvalue weighted by molar-refractivity contribution is -0.137. The molecule has 1 aliphatic heterocycles. The second kappa shape index (κ2) is 11.1. The molecule has 8 nitrogen and oxygen atoms in total. The number of alkyl halides is 3. The Bertz CT molecular complexity index is 1270. The SMILES string of the molecule is NC(=O)C(CCCOc1coc(CN2CCOCC2)cc1=O)c1ccnc2cc(C(F)(F)F)ccc12. The van der Waals surface area contributed by atoms with Crippen molar-refractivity contribution >= 4 is 16.8 Å². The zero-order chi connectivity index (χ0) is 25.7. The van der Waals surface area contributed by atoms with Crippen LogP contribution in [0, 0.1) is 0 Å². The number of rotatable bonds is 9. The molecule has 1 amide bonds. The maximum Gasteiger partial charge on any atom is 0.416 e. The van der Waals surface area contributed by atoms with Crippen molar-refractivity contribution in [1.82, 2.24) is 9.88 Å². The third kappa shape index (κ3) is 6.21. The minimum absolute atomic E-state index is 0.0605. The highest BCUT2D eigenvalue weighted by Crippen LogP contribution is 2.34. The summed E-state index contributed by atoms with van der Waals surface area (Å²) in [4.78, 5) is 30.7. The zero-order valence-electron chi connectivity index (χ0n) is 19.4. The van der Waals surface area contributed by atoms with E-state index in [9.17, 15) is 22.8 Å². The molecule has 3 heterocycles. The second-order valence-electron chi connectivity index (χ2n) is 8.54. The number of halogens is 3. The first-order valence-corrected chi connectivity index (χ1v) is 11.5. The fourth-order valence-electron chi connectivity index (χ4n) is 4.18. The van der Waals surface area contributed by atoms with E-state index in [2.05, 4.69) is 9.88 Å². The lowest BCUT2D eigenvalue weighted by Crippen LogP contribution is -2.35. The van der Waals surface area contributed by atoms with E-state index in [0.29, 0.717) is 42.9 Å². The number of carbonyl (C=O) groups is 1. The van der Waals surface area contributed by atoms with Crippen molar-refractivity contribution < 1.29 is 31.9 Å². The van der Waals surface area contributed by atoms with Crippen LogP contribution in [0.2, 0.25) is 0 Å². The number of fused-ring (bicyclic) bond motifs is 1. The molecule has 1 unspecified atom stereocenters. The van der Waals surface area contributed by atoms with Crippen molar-refractivity contribution in [3.63, 3.8) is 0 Å². The van der Waals surface area contributed by atoms with Crippen molar-refractivity contribution in [1.29, 1.82) is 0 Å². The minimum atomic E-state index is -4.50. The van der Waals surface area contributed by atoms with E-state index < -0.39 is 23.6 Å². The summed E-state index contributed by atoms with van der Waals surface area (Å²) < 4.78 is 55.6. The van der Waals surface area contributed by atoms with Gasteiger partial charge in [0.2, 0.25) is 17.1 Å². The van der Waals surface area contributed by atoms with Gasteiger partial charge in [-0.1, -0.05) is 6.07 Å². The normalized spacial score (nSPS) is 15.6. The Balaban J connectivity index is 1.38. The average Bonchev–Trinajstić information content (AvgIpc) is 2.84. The molecule has 36 heavy (non-hydrogen) atoms. The molecule has 3 aromatic rings. The van der Waals surface area contributed by atoms with Gasteiger partial charge in [0, 0.05) is 30.7 Å². The molecule has 2 aromatic heterocycles. The quantitative estimate of drug-likeness (QED) is 0.444. The van der Waals surface area contributed by atoms with Crippen LogP contribution < -0.4 is 15.9 Å². The van der Waals surface area contributed by atoms with E-state index in [1.807, 2.05) is 0 Å². The second-order valence-corrected chi connectivity index (χ2v) is 8.54. The third-order valence-corrected chi connectivity index (χ3v) is 6.05. The van der Waals surface area contributed by atoms with Gasteiger partial charge >= 0.3 is 6.18 Å². The fraction of sp³-hybridized carbons (Fsp3) is 0.400. The number of morpholine rings is 1. The molecule has 0 aliphatic carbocycles. The van der Waals surface area contributed by atoms with E-state index in [1.165, 1.54) is 24.6 Å². The number of benzene rings is 1. The topological polar surface area (TPSA) is 108 Å². The Morgan fingerprint density at radius 3 is 2.67 bits per heavy atom. The van der Waals surface area contributed by atoms with Crippen molar-refractivity contribution in [2.24, 2.45) is 5.73 Å². The van der Waals surface area contributed by atoms with Gasteiger partial charge in [0.05, 0.1) is 43.4 Å². The molecule has 1 fully saturated rings. The van der Waals surface area contributed by atoms with Crippen LogP contribution in [0.3, 0.4) is 0 Å². The van der Waals surface area contributed by atoms with Gasteiger partial charge in [0.25, 0.3) is 0 Å². The monoisotopic (exact) mass is 505 g/mol. The summed E-state index contributed by atoms with van der Waals surface area (Å²) in [5.41, 5.74) is 5.10. The van der Waals surface area contributed by atoms with Crippen LogP contribution in [0.5, 0.6) is 5.75 Å². The molecule has 4 rings (SSSR count). The highest BCUT2D eigenvalue weighted by atomic mass is 19.4. The number of amides is 1. The summed E-state index contributed by atoms with van der Waals surface area (Å²) in [6, 6.07) is 6.18. The number of hydrogen-bond donors (Lipinski definition) is 1. The smallest absolute Gasteiger partial charge is 0.416 e. The Hall–Kier alpha value is -3.44. The van der Waals surface area contributed by atoms with Gasteiger partial charge in [-0.3, -0.25) is 19.5 Å². The molecule has 1 aromatic carbocycles. The molecule has 2 N–H and O–H groups in total. The summed E-state index contributed by atoms with van der Waals surface area (Å²) in [6.07, 6.45) is -1.23. The van der Waals surface area contributed by atoms with Gasteiger partial charge in [-0.05, 0) is 36.6 Å². The van der Waals surface area contributed by atoms with Crippen LogP contribution in [-0.2, 0) is 22.3 Å². The first-order valence-electron chi connectivity index (χ1n) is 11.5. The highest BCUT2D eigenvalue weighted by molar-refractivity contribution is 5.90. The molecule has 192 valence electrons. The first-order chi connectivity index (χ1) is 17.2. The van der Waals surface area contributed by atoms with Crippen molar-refractivity contribution in [3.8, 4) is 5.75 Å². The van der Waals surface area contributed by atoms with Gasteiger partial charge in [0.1, 0.15) is 12.0 Å². The molecule has 0 radical (unpaired) electrons. The number of pyridine rings is 1. The fourth-order valence-corrected chi connectivity index (χ4v) is 4.18. The van der Waals surface area contributed by atoms with Crippen molar-refractivity contribution in [2.75, 3.05) is 32.9 Å². The van der Waals surface area contributed by atoms with Crippen LogP contribution in [0.25, 0.3) is 10.9 Å². The van der Waals surface area contributed by atoms with Gasteiger partial charge in [0.15, 0.2) is 0 Å². The number of ether oxygens (including phenoxy) is 2. The van der Waals surface area contributed by atoms with Gasteiger partial charge in [-0.2, -0.15) is 13.2 Å². The molecular weight excluding hydrogens is 479 g/mol. The summed E-state index contributed by atoms with van der Waals surface area (Å²) in [5.74, 6) is -0.788. The van der Waals surface area contributed by atoms with Crippen LogP contribution in [0.1, 0.15) is 35.6 Å². The number of primary amides is 1. The Morgan fingerprint density at radius 1 is 1.19 bits per heavy atom. The maximum atomic E-state index is 13.1. The largest absolute Gasteiger partial charge is 0.487 e. The number of nitrogens with two attached hydrogens (primary N) is 1. The summed E-state index contributed by atoms with van der Waals surface area (Å²) >= 11 is 0. The van der Waals surface area contributed by atoms with E-state index in [0.717, 1.165) is 25.2 Å². The number of nitrogens with zero attached hydrogens (tertiary/aromatic N) is 2. The summed E-state index contributed by atoms with van der Waals surface area (Å²) in [5, 5.41) is 0.423. The Kier molecular flexibility index (Phi) is 7.90. The van der Waals surface area contributed by atoms with Gasteiger partial charge < -0.3 is 19.6 Å². The molecule has 1 aliphatic rings. The van der Waals surface area contributed by atoms with Crippen LogP contribution >= 0.6 is 0 Å². The minimum Gasteiger partial charge on any atom is -0.487 e. The molecule has 0 saturated carbocycles. The van der Waals surface area contributed by atoms with Crippen molar-refractivity contribution in [2.45, 2.75) is 31.5 Å². The third-order valence-electron chi connectivity index (χ3n) is 6.05. The molecule has 11 heteroatoms. The number of hydrogen-bond acceptors (Lipinski definition) is 7. The standard InChI is InChI=1S/C25H26F3N3O5/c26-25(27,28)16-3-4-19-18(5-6-30-21(19)12-16)20(24(29)33)2-1-9-35-23-15-36-17(13-22(23)32)14-31-7-10-34-11-8-31/h3-6,12-13,15,20H,1-2,7-11,14H2,(H2,29,33). The zero-order valence-corrected chi connectivity index (χ0v) is 19.4. The van der Waals surface area contributed by atoms with Gasteiger partial charge in [-0.25, -0.2) is 0 Å². The van der Waals surface area contributed by atoms with E-state index >= 15 is 0 Å². The van der Waals surface area contributed by atoms with Crippen molar-refractivity contribution in [3.05, 3.63) is 69.9 Å². The van der Waals surface area contributed by atoms with E-state index in [-0.39, 0.29) is 29.7 Å². The maximum absolute atomic E-state index is 13.1. The lowest BCUT2D eigenvalue weighted by atomic mass is 9.90. The molecular formula is C25H26F3N3O5. The predicted octanol–water partition coefficient (Wildman–Crippen LogP) is 3.47. The number of aromatic nitrogens is 1. The van der Waals surface area contributed by atoms with Crippen LogP contribution in [0.4, 0.5) is 13.2 Å². The van der Waals surface area contributed by atoms with Crippen LogP contribution in [0.15, 0.2) is 52.0 Å². The van der Waals surface area contributed by atoms with Crippen LogP contribution in [-0.4, -0.2) is 48.7 Å². The summed E-state index contributed by atoms with van der Waals surface area (Å²) in [6.45, 7) is 3.43. The van der Waals surface area contributed by atoms with E-state index in [1.54, 1.807) is 6.07 Å². The predicted molar refractivity (Wildman–Crippen MR) is 124 cm³/mol. The van der Waals surface area contributed by atoms with E-state index in [4.69, 9.17) is 19.6 Å². The lowest BCUT2D eigenvalue weighted by Gasteiger charge is -2.25. The highest BCUT2D eigenvalue weighted by Gasteiger charge is 2.31. The average molecular weight is 505 g/mol. The Morgan fingerprint density at radius 2 is 1.97 bits per heavy atom. The molecule has 0 spiro atoms. The molecule has 1 atom stereocenters. The number of carbonyl (C=O) groups excluding carboxylic acids is 1. The Labute approximate surface area is 204 Å². The van der Waals surface area contributed by atoms with Gasteiger partial charge in [-0.15, -0.1) is 0 Å². The molecule has 0 bridgehead atoms. The summed E-state index contributed by atoms with van der Waals surface area (Å²) in [7, 11) is 0.